The van der Waals surface area contributed by atoms with Crippen LogP contribution < -0.4 is 5.32 Å². The van der Waals surface area contributed by atoms with Crippen LogP contribution in [0.25, 0.3) is 0 Å². The fraction of sp³-hybridized carbons (Fsp3) is 0.286. The Kier molecular flexibility index (Phi) is 4.95. The van der Waals surface area contributed by atoms with Gasteiger partial charge in [0.2, 0.25) is 0 Å². The minimum Gasteiger partial charge on any atom is -0.394 e. The topological polar surface area (TPSA) is 32.3 Å². The van der Waals surface area contributed by atoms with Crippen LogP contribution in [0.15, 0.2) is 46.3 Å². The molecule has 96 valence electrons. The van der Waals surface area contributed by atoms with Gasteiger partial charge in [-0.3, -0.25) is 0 Å². The Hall–Kier alpha value is -0.680. The maximum absolute atomic E-state index is 9.51. The summed E-state index contributed by atoms with van der Waals surface area (Å²) in [4.78, 5) is 1.26. The van der Waals surface area contributed by atoms with E-state index >= 15 is 0 Å². The zero-order chi connectivity index (χ0) is 13.0. The number of hydrogen-bond acceptors (Lipinski definition) is 3. The molecule has 4 heteroatoms. The highest BCUT2D eigenvalue weighted by Crippen LogP contribution is 2.28. The summed E-state index contributed by atoms with van der Waals surface area (Å²) in [5.74, 6) is 0. The van der Waals surface area contributed by atoms with Gasteiger partial charge in [0.05, 0.1) is 16.4 Å². The number of benzene rings is 1. The highest BCUT2D eigenvalue weighted by atomic mass is 79.9. The highest BCUT2D eigenvalue weighted by Gasteiger charge is 2.15. The van der Waals surface area contributed by atoms with Crippen LogP contribution in [0.5, 0.6) is 0 Å². The van der Waals surface area contributed by atoms with E-state index < -0.39 is 0 Å². The molecule has 0 saturated carbocycles. The molecule has 2 atom stereocenters. The van der Waals surface area contributed by atoms with Gasteiger partial charge in [0.15, 0.2) is 0 Å². The molecule has 0 amide bonds. The Morgan fingerprint density at radius 1 is 1.22 bits per heavy atom. The van der Waals surface area contributed by atoms with E-state index in [1.807, 2.05) is 30.3 Å². The van der Waals surface area contributed by atoms with E-state index in [4.69, 9.17) is 0 Å². The van der Waals surface area contributed by atoms with Crippen molar-refractivity contribution in [1.82, 2.24) is 5.32 Å². The summed E-state index contributed by atoms with van der Waals surface area (Å²) in [5, 5.41) is 13.0. The molecule has 1 aromatic carbocycles. The number of halogens is 1. The molecule has 0 fully saturated rings. The lowest BCUT2D eigenvalue weighted by molar-refractivity contribution is 0.236. The quantitative estimate of drug-likeness (QED) is 0.873. The summed E-state index contributed by atoms with van der Waals surface area (Å²) < 4.78 is 1.13. The lowest BCUT2D eigenvalue weighted by Gasteiger charge is -2.21. The third-order valence-electron chi connectivity index (χ3n) is 2.86. The lowest BCUT2D eigenvalue weighted by atomic mass is 10.1. The molecule has 2 nitrogen and oxygen atoms in total. The number of hydrogen-bond donors (Lipinski definition) is 2. The minimum absolute atomic E-state index is 0.0259. The third kappa shape index (κ3) is 3.42. The molecule has 0 radical (unpaired) electrons. The van der Waals surface area contributed by atoms with Gasteiger partial charge in [-0.25, -0.2) is 0 Å². The molecular weight excluding hydrogens is 310 g/mol. The molecule has 2 aromatic rings. The van der Waals surface area contributed by atoms with E-state index in [1.54, 1.807) is 11.3 Å². The van der Waals surface area contributed by atoms with Crippen molar-refractivity contribution in [2.45, 2.75) is 19.0 Å². The first-order valence-corrected chi connectivity index (χ1v) is 7.48. The summed E-state index contributed by atoms with van der Waals surface area (Å²) in [6.45, 7) is 2.21. The van der Waals surface area contributed by atoms with E-state index in [9.17, 15) is 5.11 Å². The molecule has 2 rings (SSSR count). The van der Waals surface area contributed by atoms with Gasteiger partial charge in [0.1, 0.15) is 0 Å². The Bertz CT molecular complexity index is 486. The van der Waals surface area contributed by atoms with Crippen molar-refractivity contribution in [2.24, 2.45) is 0 Å². The monoisotopic (exact) mass is 325 g/mol. The summed E-state index contributed by atoms with van der Waals surface area (Å²) in [6, 6.07) is 14.4. The average molecular weight is 326 g/mol. The smallest absolute Gasteiger partial charge is 0.0701 e. The van der Waals surface area contributed by atoms with Crippen molar-refractivity contribution in [3.63, 3.8) is 0 Å². The first-order valence-electron chi connectivity index (χ1n) is 5.88. The van der Waals surface area contributed by atoms with Crippen molar-refractivity contribution in [3.05, 3.63) is 56.7 Å². The van der Waals surface area contributed by atoms with Crippen LogP contribution in [0, 0.1) is 0 Å². The summed E-state index contributed by atoms with van der Waals surface area (Å²) in [7, 11) is 0. The van der Waals surface area contributed by atoms with Crippen molar-refractivity contribution in [2.75, 3.05) is 6.61 Å². The molecule has 0 saturated heterocycles. The van der Waals surface area contributed by atoms with Crippen LogP contribution in [0.1, 0.15) is 29.4 Å². The van der Waals surface area contributed by atoms with Gasteiger partial charge in [0.25, 0.3) is 0 Å². The Morgan fingerprint density at radius 3 is 2.50 bits per heavy atom. The van der Waals surface area contributed by atoms with Gasteiger partial charge in [-0.1, -0.05) is 30.3 Å². The van der Waals surface area contributed by atoms with Gasteiger partial charge >= 0.3 is 0 Å². The van der Waals surface area contributed by atoms with E-state index in [-0.39, 0.29) is 18.7 Å². The van der Waals surface area contributed by atoms with Gasteiger partial charge in [0, 0.05) is 10.9 Å². The number of aliphatic hydroxyl groups excluding tert-OH is 1. The fourth-order valence-electron chi connectivity index (χ4n) is 1.88. The highest BCUT2D eigenvalue weighted by molar-refractivity contribution is 9.11. The van der Waals surface area contributed by atoms with E-state index in [2.05, 4.69) is 40.3 Å². The van der Waals surface area contributed by atoms with E-state index in [1.165, 1.54) is 4.88 Å². The largest absolute Gasteiger partial charge is 0.394 e. The van der Waals surface area contributed by atoms with Crippen LogP contribution in [0.2, 0.25) is 0 Å². The van der Waals surface area contributed by atoms with E-state index in [0.29, 0.717) is 0 Å². The van der Waals surface area contributed by atoms with Gasteiger partial charge in [-0.2, -0.15) is 0 Å². The Labute approximate surface area is 120 Å². The maximum Gasteiger partial charge on any atom is 0.0701 e. The van der Waals surface area contributed by atoms with Gasteiger partial charge < -0.3 is 10.4 Å². The molecule has 1 heterocycles. The SMILES string of the molecule is CC(N[C@H](CO)c1ccccc1)c1ccc(Br)s1. The maximum atomic E-state index is 9.51. The fourth-order valence-corrected chi connectivity index (χ4v) is 3.32. The molecule has 1 aromatic heterocycles. The first-order chi connectivity index (χ1) is 8.70. The molecule has 1 unspecified atom stereocenters. The predicted octanol–water partition coefficient (Wildman–Crippen LogP) is 3.89. The van der Waals surface area contributed by atoms with Crippen molar-refractivity contribution < 1.29 is 5.11 Å². The summed E-state index contributed by atoms with van der Waals surface area (Å²) >= 11 is 5.19. The normalized spacial score (nSPS) is 14.4. The summed E-state index contributed by atoms with van der Waals surface area (Å²) in [5.41, 5.74) is 1.11. The molecule has 18 heavy (non-hydrogen) atoms. The third-order valence-corrected chi connectivity index (χ3v) is 4.66. The van der Waals surface area contributed by atoms with Crippen molar-refractivity contribution >= 4 is 27.3 Å². The second-order valence-corrected chi connectivity index (χ2v) is 6.67. The molecule has 2 N–H and O–H groups in total. The number of nitrogens with one attached hydrogen (secondary N) is 1. The van der Waals surface area contributed by atoms with Crippen LogP contribution >= 0.6 is 27.3 Å². The van der Waals surface area contributed by atoms with Crippen molar-refractivity contribution in [3.8, 4) is 0 Å². The standard InChI is InChI=1S/C14H16BrNOS/c1-10(13-7-8-14(15)18-13)16-12(9-17)11-5-3-2-4-6-11/h2-8,10,12,16-17H,9H2,1H3/t10?,12-/m1/s1. The van der Waals surface area contributed by atoms with Crippen LogP contribution in [0.4, 0.5) is 0 Å². The Balaban J connectivity index is 2.07. The van der Waals surface area contributed by atoms with Gasteiger partial charge in [-0.15, -0.1) is 11.3 Å². The van der Waals surface area contributed by atoms with Gasteiger partial charge in [-0.05, 0) is 40.5 Å². The second kappa shape index (κ2) is 6.48. The number of rotatable bonds is 5. The first kappa shape index (κ1) is 13.7. The van der Waals surface area contributed by atoms with Crippen LogP contribution in [0.3, 0.4) is 0 Å². The molecule has 0 aliphatic rings. The Morgan fingerprint density at radius 2 is 1.94 bits per heavy atom. The number of thiophene rings is 1. The number of aliphatic hydroxyl groups is 1. The zero-order valence-corrected chi connectivity index (χ0v) is 12.5. The molecule has 0 aliphatic carbocycles. The van der Waals surface area contributed by atoms with E-state index in [0.717, 1.165) is 9.35 Å². The second-order valence-electron chi connectivity index (χ2n) is 4.18. The van der Waals surface area contributed by atoms with Crippen LogP contribution in [-0.2, 0) is 0 Å². The minimum atomic E-state index is -0.0259. The predicted molar refractivity (Wildman–Crippen MR) is 79.8 cm³/mol. The molecule has 0 aliphatic heterocycles. The molecular formula is C14H16BrNOS. The van der Waals surface area contributed by atoms with Crippen molar-refractivity contribution in [1.29, 1.82) is 0 Å². The average Bonchev–Trinajstić information content (AvgIpc) is 2.83. The van der Waals surface area contributed by atoms with Crippen LogP contribution in [-0.4, -0.2) is 11.7 Å². The summed E-state index contributed by atoms with van der Waals surface area (Å²) in [6.07, 6.45) is 0. The molecule has 0 bridgehead atoms. The molecule has 0 spiro atoms. The zero-order valence-electron chi connectivity index (χ0n) is 10.1. The lowest BCUT2D eigenvalue weighted by Crippen LogP contribution is -2.26.